The van der Waals surface area contributed by atoms with Crippen molar-refractivity contribution in [1.29, 1.82) is 0 Å². The molecule has 0 radical (unpaired) electrons. The molecule has 4 saturated carbocycles. The molecule has 6 fully saturated rings. The Hall–Kier alpha value is -2.91. The number of aromatic nitrogens is 2. The number of nitrogens with zero attached hydrogens (tertiary/aromatic N) is 1. The molecule has 15 heteroatoms. The fourth-order valence-corrected chi connectivity index (χ4v) is 16.8. The number of amides is 1. The Kier molecular flexibility index (Phi) is 12.3. The number of hydrogen-bond acceptors (Lipinski definition) is 12. The lowest BCUT2D eigenvalue weighted by Gasteiger charge is -2.74. The molecular weight excluding hydrogens is 833 g/mol. The first-order valence-corrected chi connectivity index (χ1v) is 24.5. The predicted octanol–water partition coefficient (Wildman–Crippen LogP) is 2.98. The number of aromatic amines is 1. The van der Waals surface area contributed by atoms with Crippen molar-refractivity contribution in [2.24, 2.45) is 73.7 Å². The second kappa shape index (κ2) is 16.9. The normalized spacial score (nSPS) is 49.6. The van der Waals surface area contributed by atoms with Gasteiger partial charge >= 0.3 is 5.97 Å². The summed E-state index contributed by atoms with van der Waals surface area (Å²) < 4.78 is 12.5. The average Bonchev–Trinajstić information content (AvgIpc) is 3.96. The van der Waals surface area contributed by atoms with E-state index in [0.29, 0.717) is 70.8 Å². The van der Waals surface area contributed by atoms with Crippen LogP contribution in [0.15, 0.2) is 24.2 Å². The van der Waals surface area contributed by atoms with Crippen LogP contribution >= 0.6 is 0 Å². The first-order chi connectivity index (χ1) is 30.9. The second-order valence-corrected chi connectivity index (χ2v) is 22.9. The van der Waals surface area contributed by atoms with Crippen molar-refractivity contribution in [3.05, 3.63) is 29.9 Å². The maximum Gasteiger partial charge on any atom is 0.310 e. The third-order valence-electron chi connectivity index (χ3n) is 20.2. The molecule has 0 unspecified atom stereocenters. The summed E-state index contributed by atoms with van der Waals surface area (Å²) in [6.07, 6.45) is 5.25. The molecule has 360 valence electrons. The van der Waals surface area contributed by atoms with Crippen LogP contribution in [0.2, 0.25) is 0 Å². The molecule has 20 atom stereocenters. The topological polar surface area (TPSA) is 261 Å². The van der Waals surface area contributed by atoms with Crippen LogP contribution in [0.25, 0.3) is 0 Å². The van der Waals surface area contributed by atoms with Crippen LogP contribution < -0.4 is 11.1 Å². The smallest absolute Gasteiger partial charge is 0.310 e. The minimum atomic E-state index is -1.63. The van der Waals surface area contributed by atoms with Crippen molar-refractivity contribution < 1.29 is 54.8 Å². The van der Waals surface area contributed by atoms with Crippen molar-refractivity contribution in [2.45, 2.75) is 160 Å². The van der Waals surface area contributed by atoms with Crippen molar-refractivity contribution in [1.82, 2.24) is 15.3 Å². The molecule has 1 aromatic rings. The minimum absolute atomic E-state index is 0.00995. The molecule has 4 bridgehead atoms. The fraction of sp³-hybridized carbons (Fsp3) is 0.820. The zero-order valence-electron chi connectivity index (χ0n) is 38.6. The molecule has 1 amide bonds. The monoisotopic (exact) mass is 907 g/mol. The number of H-pyrrole nitrogens is 1. The third-order valence-corrected chi connectivity index (χ3v) is 20.2. The molecule has 2 saturated heterocycles. The van der Waals surface area contributed by atoms with Gasteiger partial charge in [0.15, 0.2) is 6.29 Å². The number of aliphatic hydroxyl groups excluding tert-OH is 6. The van der Waals surface area contributed by atoms with Crippen LogP contribution in [0, 0.1) is 79.8 Å². The van der Waals surface area contributed by atoms with Gasteiger partial charge in [0.05, 0.1) is 37.2 Å². The quantitative estimate of drug-likeness (QED) is 0.0872. The Bertz CT molecular complexity index is 2060. The van der Waals surface area contributed by atoms with Crippen LogP contribution in [0.1, 0.15) is 123 Å². The van der Waals surface area contributed by atoms with E-state index in [1.807, 2.05) is 6.92 Å². The maximum atomic E-state index is 13.9. The predicted molar refractivity (Wildman–Crippen MR) is 237 cm³/mol. The Labute approximate surface area is 382 Å². The summed E-state index contributed by atoms with van der Waals surface area (Å²) in [6.45, 7) is 8.51. The fourth-order valence-electron chi connectivity index (χ4n) is 16.8. The number of aliphatic carboxylic acids is 1. The summed E-state index contributed by atoms with van der Waals surface area (Å²) in [5, 5.41) is 82.9. The van der Waals surface area contributed by atoms with Crippen LogP contribution in [0.4, 0.5) is 0 Å². The first-order valence-electron chi connectivity index (χ1n) is 24.5. The zero-order chi connectivity index (χ0) is 46.5. The Balaban J connectivity index is 1.23. The van der Waals surface area contributed by atoms with Crippen LogP contribution in [0.5, 0.6) is 0 Å². The largest absolute Gasteiger partial charge is 0.481 e. The van der Waals surface area contributed by atoms with E-state index in [-0.39, 0.29) is 67.8 Å². The summed E-state index contributed by atoms with van der Waals surface area (Å²) in [6, 6.07) is -0.384. The van der Waals surface area contributed by atoms with E-state index in [9.17, 15) is 45.3 Å². The number of carboxylic acids is 1. The molecule has 1 aromatic heterocycles. The molecule has 1 spiro atoms. The number of carbonyl (C=O) groups is 2. The number of nitrogens with one attached hydrogen (secondary N) is 2. The van der Waals surface area contributed by atoms with Gasteiger partial charge in [-0.2, -0.15) is 0 Å². The van der Waals surface area contributed by atoms with E-state index < -0.39 is 87.1 Å². The molecule has 2 aliphatic heterocycles. The number of aliphatic hydroxyl groups is 6. The second-order valence-electron chi connectivity index (χ2n) is 22.9. The van der Waals surface area contributed by atoms with Crippen LogP contribution in [-0.2, 0) is 19.1 Å². The van der Waals surface area contributed by atoms with Gasteiger partial charge in [-0.3, -0.25) is 9.59 Å². The van der Waals surface area contributed by atoms with Gasteiger partial charge in [0.2, 0.25) is 5.91 Å². The van der Waals surface area contributed by atoms with Crippen LogP contribution in [-0.4, -0.2) is 127 Å². The van der Waals surface area contributed by atoms with Crippen molar-refractivity contribution in [2.75, 3.05) is 26.4 Å². The Morgan fingerprint density at radius 1 is 1.02 bits per heavy atom. The molecule has 65 heavy (non-hydrogen) atoms. The van der Waals surface area contributed by atoms with Gasteiger partial charge in [0, 0.05) is 66.5 Å². The lowest BCUT2D eigenvalue weighted by atomic mass is 9.30. The van der Waals surface area contributed by atoms with Gasteiger partial charge in [-0.25, -0.2) is 4.98 Å². The van der Waals surface area contributed by atoms with E-state index >= 15 is 0 Å². The Morgan fingerprint density at radius 3 is 2.48 bits per heavy atom. The number of nitrogens with two attached hydrogens (primary N) is 1. The first kappa shape index (κ1) is 47.2. The van der Waals surface area contributed by atoms with Gasteiger partial charge in [-0.05, 0) is 117 Å². The van der Waals surface area contributed by atoms with E-state index in [1.54, 1.807) is 12.5 Å². The average molecular weight is 907 g/mol. The molecule has 8 aliphatic rings. The lowest BCUT2D eigenvalue weighted by Crippen LogP contribution is -2.73. The highest BCUT2D eigenvalue weighted by Gasteiger charge is 2.75. The van der Waals surface area contributed by atoms with E-state index in [2.05, 4.69) is 54.0 Å². The highest BCUT2D eigenvalue weighted by atomic mass is 16.7. The van der Waals surface area contributed by atoms with Gasteiger partial charge in [0.25, 0.3) is 0 Å². The summed E-state index contributed by atoms with van der Waals surface area (Å²) >= 11 is 0. The highest BCUT2D eigenvalue weighted by Crippen LogP contribution is 2.78. The Morgan fingerprint density at radius 2 is 1.78 bits per heavy atom. The van der Waals surface area contributed by atoms with Crippen molar-refractivity contribution in [3.8, 4) is 11.8 Å². The molecule has 9 rings (SSSR count). The van der Waals surface area contributed by atoms with Gasteiger partial charge < -0.3 is 61.3 Å². The number of imidazole rings is 1. The minimum Gasteiger partial charge on any atom is -0.481 e. The standard InChI is InChI=1S/C50H74N4O11/c1-45(24-55)15-16-49(44(62)63)17-18-50-13-6-5-8-27(29-20-36(58)54-38(29)28(9-7-19-51)32-22-52-26-53-32)37-40(60)42(65-43-41(61)39(59)33(57)23-64-43)46(2,25-56)34-12-14-47(50,3)35(48(34,37)4)11-10-30(50)31(49)21-45/h10,22,26-29,31,33-35,37-43,55-57,59-61H,6-7,9,11-21,23-25,51H2,1-4H3,(H,52,53)(H,54,58)(H,62,63)/t27-,28-,29-,31+,33-,34-,35+,37+,38-,39+,40-,41-,42-,43+,45+,46+,47-,48+,49+,50-/m1/s1. The molecule has 15 nitrogen and oxygen atoms in total. The van der Waals surface area contributed by atoms with Gasteiger partial charge in [-0.1, -0.05) is 45.3 Å². The number of fused-ring (bicyclic) bond motifs is 2. The highest BCUT2D eigenvalue weighted by molar-refractivity contribution is 5.79. The van der Waals surface area contributed by atoms with Gasteiger partial charge in [-0.15, -0.1) is 5.92 Å². The summed E-state index contributed by atoms with van der Waals surface area (Å²) in [5.41, 5.74) is 4.19. The summed E-state index contributed by atoms with van der Waals surface area (Å²) in [7, 11) is 0. The van der Waals surface area contributed by atoms with Crippen LogP contribution in [0.3, 0.4) is 0 Å². The molecule has 6 aliphatic carbocycles. The lowest BCUT2D eigenvalue weighted by molar-refractivity contribution is -0.343. The maximum absolute atomic E-state index is 13.9. The van der Waals surface area contributed by atoms with Crippen molar-refractivity contribution >= 4 is 11.9 Å². The number of carbonyl (C=O) groups excluding carboxylic acids is 1. The molecule has 11 N–H and O–H groups in total. The number of hydrogen-bond donors (Lipinski definition) is 10. The summed E-state index contributed by atoms with van der Waals surface area (Å²) in [5.74, 6) is 4.22. The zero-order valence-corrected chi connectivity index (χ0v) is 38.6. The van der Waals surface area contributed by atoms with Crippen molar-refractivity contribution in [3.63, 3.8) is 0 Å². The SMILES string of the molecule is C[C@]1(CO)CC[C@]2(C(=O)O)CC[C@@]34CCC#C[C@H]([C@H]5CC(=O)N[C@@H]5[C@H](CCCN)c5cnc[nH]5)[C@H]5[C@@H](O)[C@@H](O[C@@H]6OC[C@@H](O)[C@H](O)[C@H]6O)[C@@](C)(CO)[C@H]6CC[C@]3(C)[C@H](CC=C4[C@@H]2C1)[C@@]56C. The summed E-state index contributed by atoms with van der Waals surface area (Å²) in [4.78, 5) is 35.1. The number of allylic oxidation sites excluding steroid dienone is 2. The molecular formula is C50H74N4O11. The number of rotatable bonds is 11. The number of ether oxygens (including phenoxy) is 2. The van der Waals surface area contributed by atoms with Gasteiger partial charge in [0.1, 0.15) is 18.3 Å². The molecule has 3 heterocycles. The third kappa shape index (κ3) is 6.88. The van der Waals surface area contributed by atoms with E-state index in [4.69, 9.17) is 15.2 Å². The van der Waals surface area contributed by atoms with E-state index in [0.717, 1.165) is 18.5 Å². The number of carboxylic acid groups (broad SMARTS) is 1. The molecule has 0 aromatic carbocycles. The van der Waals surface area contributed by atoms with E-state index in [1.165, 1.54) is 5.57 Å².